The molecule has 3 unspecified atom stereocenters. The topological polar surface area (TPSA) is 52.6 Å². The van der Waals surface area contributed by atoms with E-state index in [1.54, 1.807) is 24.1 Å². The van der Waals surface area contributed by atoms with Crippen molar-refractivity contribution in [3.8, 4) is 0 Å². The third-order valence-electron chi connectivity index (χ3n) is 3.69. The predicted molar refractivity (Wildman–Crippen MR) is 70.0 cm³/mol. The highest BCUT2D eigenvalue weighted by atomic mass is 19.1. The first-order valence-corrected chi connectivity index (χ1v) is 6.42. The molecule has 4 nitrogen and oxygen atoms in total. The second-order valence-electron chi connectivity index (χ2n) is 5.03. The van der Waals surface area contributed by atoms with E-state index in [9.17, 15) is 14.3 Å². The summed E-state index contributed by atoms with van der Waals surface area (Å²) < 4.78 is 12.9. The van der Waals surface area contributed by atoms with Crippen molar-refractivity contribution in [2.45, 2.75) is 31.5 Å². The Morgan fingerprint density at radius 2 is 2.11 bits per heavy atom. The molecule has 3 atom stereocenters. The van der Waals surface area contributed by atoms with Crippen molar-refractivity contribution in [2.75, 3.05) is 13.6 Å². The molecule has 1 amide bonds. The van der Waals surface area contributed by atoms with E-state index in [0.717, 1.165) is 5.56 Å². The number of nitrogens with zero attached hydrogens (tertiary/aromatic N) is 1. The molecule has 104 valence electrons. The van der Waals surface area contributed by atoms with E-state index in [0.29, 0.717) is 13.0 Å². The van der Waals surface area contributed by atoms with Crippen LogP contribution >= 0.6 is 0 Å². The average Bonchev–Trinajstić information content (AvgIpc) is 2.84. The number of aliphatic hydroxyl groups excluding tert-OH is 1. The van der Waals surface area contributed by atoms with Crippen LogP contribution in [0.1, 0.15) is 24.9 Å². The van der Waals surface area contributed by atoms with Crippen LogP contribution in [-0.2, 0) is 4.79 Å². The van der Waals surface area contributed by atoms with Gasteiger partial charge in [0.15, 0.2) is 0 Å². The number of rotatable bonds is 3. The molecule has 2 rings (SSSR count). The molecule has 5 heteroatoms. The fraction of sp³-hybridized carbons (Fsp3) is 0.500. The maximum atomic E-state index is 12.9. The minimum Gasteiger partial charge on any atom is -0.392 e. The number of hydrogen-bond donors (Lipinski definition) is 2. The molecule has 1 saturated heterocycles. The number of halogens is 1. The molecule has 1 aromatic rings. The summed E-state index contributed by atoms with van der Waals surface area (Å²) in [7, 11) is 1.72. The molecule has 1 aliphatic heterocycles. The fourth-order valence-corrected chi connectivity index (χ4v) is 2.31. The van der Waals surface area contributed by atoms with Crippen LogP contribution in [0.2, 0.25) is 0 Å². The number of hydrogen-bond acceptors (Lipinski definition) is 3. The zero-order valence-corrected chi connectivity index (χ0v) is 11.1. The average molecular weight is 266 g/mol. The van der Waals surface area contributed by atoms with Crippen LogP contribution in [-0.4, -0.2) is 41.7 Å². The molecular formula is C14H19FN2O2. The van der Waals surface area contributed by atoms with Crippen molar-refractivity contribution in [1.29, 1.82) is 0 Å². The Labute approximate surface area is 112 Å². The fourth-order valence-electron chi connectivity index (χ4n) is 2.31. The van der Waals surface area contributed by atoms with Gasteiger partial charge in [0.1, 0.15) is 5.82 Å². The number of nitrogens with one attached hydrogen (secondary N) is 1. The van der Waals surface area contributed by atoms with Crippen LogP contribution in [0.15, 0.2) is 24.3 Å². The molecule has 0 saturated carbocycles. The van der Waals surface area contributed by atoms with Crippen molar-refractivity contribution in [2.24, 2.45) is 0 Å². The van der Waals surface area contributed by atoms with Gasteiger partial charge in [-0.05, 0) is 31.0 Å². The Bertz CT molecular complexity index is 449. The molecule has 0 spiro atoms. The number of carbonyl (C=O) groups is 1. The number of carbonyl (C=O) groups excluding carboxylic acids is 1. The van der Waals surface area contributed by atoms with Gasteiger partial charge in [-0.25, -0.2) is 4.39 Å². The first-order chi connectivity index (χ1) is 8.99. The summed E-state index contributed by atoms with van der Waals surface area (Å²) in [5, 5.41) is 12.4. The van der Waals surface area contributed by atoms with Gasteiger partial charge in [-0.2, -0.15) is 0 Å². The Hall–Kier alpha value is -1.46. The maximum absolute atomic E-state index is 12.9. The Balaban J connectivity index is 2.04. The van der Waals surface area contributed by atoms with Gasteiger partial charge in [-0.1, -0.05) is 12.1 Å². The van der Waals surface area contributed by atoms with E-state index in [1.165, 1.54) is 12.1 Å². The van der Waals surface area contributed by atoms with E-state index in [4.69, 9.17) is 0 Å². The van der Waals surface area contributed by atoms with Gasteiger partial charge < -0.3 is 15.3 Å². The normalized spacial score (nSPS) is 24.2. The van der Waals surface area contributed by atoms with Gasteiger partial charge in [0.2, 0.25) is 5.91 Å². The summed E-state index contributed by atoms with van der Waals surface area (Å²) in [5.41, 5.74) is 0.885. The van der Waals surface area contributed by atoms with E-state index in [1.807, 2.05) is 6.92 Å². The molecule has 1 aliphatic rings. The predicted octanol–water partition coefficient (Wildman–Crippen LogP) is 1.07. The van der Waals surface area contributed by atoms with Gasteiger partial charge in [0.25, 0.3) is 0 Å². The van der Waals surface area contributed by atoms with Crippen molar-refractivity contribution in [3.05, 3.63) is 35.6 Å². The van der Waals surface area contributed by atoms with Gasteiger partial charge in [-0.3, -0.25) is 4.79 Å². The quantitative estimate of drug-likeness (QED) is 0.860. The summed E-state index contributed by atoms with van der Waals surface area (Å²) in [5.74, 6) is -0.334. The first-order valence-electron chi connectivity index (χ1n) is 6.42. The Kier molecular flexibility index (Phi) is 4.17. The summed E-state index contributed by atoms with van der Waals surface area (Å²) in [6.07, 6.45) is -0.0114. The van der Waals surface area contributed by atoms with Crippen LogP contribution in [0.5, 0.6) is 0 Å². The summed E-state index contributed by atoms with van der Waals surface area (Å²) in [6.45, 7) is 2.35. The number of amides is 1. The monoisotopic (exact) mass is 266 g/mol. The van der Waals surface area contributed by atoms with Crippen molar-refractivity contribution in [1.82, 2.24) is 10.2 Å². The van der Waals surface area contributed by atoms with Crippen LogP contribution < -0.4 is 5.32 Å². The third kappa shape index (κ3) is 3.11. The maximum Gasteiger partial charge on any atom is 0.240 e. The number of β-amino-alcohol motifs (C(OH)–C–C–N with tert-alkyl or cyclic N) is 1. The molecule has 19 heavy (non-hydrogen) atoms. The van der Waals surface area contributed by atoms with E-state index in [2.05, 4.69) is 5.32 Å². The minimum absolute atomic E-state index is 0.0478. The van der Waals surface area contributed by atoms with Crippen LogP contribution in [0.3, 0.4) is 0 Å². The molecule has 1 fully saturated rings. The lowest BCUT2D eigenvalue weighted by Gasteiger charge is -2.28. The standard InChI is InChI=1S/C14H19FN2O2/c1-9(10-3-5-11(15)6-4-10)17(2)14(19)13-7-12(18)8-16-13/h3-6,9,12-13,16,18H,7-8H2,1-2H3. The number of benzene rings is 1. The van der Waals surface area contributed by atoms with Crippen molar-refractivity contribution >= 4 is 5.91 Å². The second-order valence-corrected chi connectivity index (χ2v) is 5.03. The molecule has 0 aromatic heterocycles. The minimum atomic E-state index is -0.455. The smallest absolute Gasteiger partial charge is 0.240 e. The summed E-state index contributed by atoms with van der Waals surface area (Å²) in [4.78, 5) is 13.9. The lowest BCUT2D eigenvalue weighted by atomic mass is 10.1. The van der Waals surface area contributed by atoms with Crippen LogP contribution in [0.4, 0.5) is 4.39 Å². The zero-order chi connectivity index (χ0) is 14.0. The SMILES string of the molecule is CC(c1ccc(F)cc1)N(C)C(=O)C1CC(O)CN1. The molecular weight excluding hydrogens is 247 g/mol. The van der Waals surface area contributed by atoms with Gasteiger partial charge >= 0.3 is 0 Å². The van der Waals surface area contributed by atoms with E-state index in [-0.39, 0.29) is 23.8 Å². The highest BCUT2D eigenvalue weighted by molar-refractivity contribution is 5.82. The Morgan fingerprint density at radius 1 is 1.47 bits per heavy atom. The lowest BCUT2D eigenvalue weighted by molar-refractivity contribution is -0.133. The van der Waals surface area contributed by atoms with E-state index >= 15 is 0 Å². The summed E-state index contributed by atoms with van der Waals surface area (Å²) >= 11 is 0. The molecule has 1 heterocycles. The van der Waals surface area contributed by atoms with Crippen molar-refractivity contribution < 1.29 is 14.3 Å². The highest BCUT2D eigenvalue weighted by Gasteiger charge is 2.31. The zero-order valence-electron chi connectivity index (χ0n) is 11.1. The first kappa shape index (κ1) is 14.0. The van der Waals surface area contributed by atoms with Crippen LogP contribution in [0, 0.1) is 5.82 Å². The number of aliphatic hydroxyl groups is 1. The molecule has 2 N–H and O–H groups in total. The van der Waals surface area contributed by atoms with Gasteiger partial charge in [0, 0.05) is 13.6 Å². The van der Waals surface area contributed by atoms with Gasteiger partial charge in [0.05, 0.1) is 18.2 Å². The summed E-state index contributed by atoms with van der Waals surface area (Å²) in [6, 6.07) is 5.68. The highest BCUT2D eigenvalue weighted by Crippen LogP contribution is 2.21. The van der Waals surface area contributed by atoms with E-state index < -0.39 is 6.10 Å². The third-order valence-corrected chi connectivity index (χ3v) is 3.69. The second kappa shape index (κ2) is 5.67. The molecule has 0 aliphatic carbocycles. The molecule has 0 radical (unpaired) electrons. The number of likely N-dealkylation sites (N-methyl/N-ethyl adjacent to an activating group) is 1. The lowest BCUT2D eigenvalue weighted by Crippen LogP contribution is -2.42. The van der Waals surface area contributed by atoms with Crippen molar-refractivity contribution in [3.63, 3.8) is 0 Å². The Morgan fingerprint density at radius 3 is 2.63 bits per heavy atom. The van der Waals surface area contributed by atoms with Gasteiger partial charge in [-0.15, -0.1) is 0 Å². The van der Waals surface area contributed by atoms with Crippen LogP contribution in [0.25, 0.3) is 0 Å². The molecule has 0 bridgehead atoms. The molecule has 1 aromatic carbocycles. The largest absolute Gasteiger partial charge is 0.392 e.